The van der Waals surface area contributed by atoms with Crippen molar-refractivity contribution in [2.45, 2.75) is 16.9 Å². The maximum absolute atomic E-state index is 12.1. The smallest absolute Gasteiger partial charge is 0.308 e. The average molecular weight is 326 g/mol. The zero-order valence-electron chi connectivity index (χ0n) is 8.85. The molecule has 0 fully saturated rings. The Morgan fingerprint density at radius 3 is 2.35 bits per heavy atom. The summed E-state index contributed by atoms with van der Waals surface area (Å²) in [6.45, 7) is 4.89. The van der Waals surface area contributed by atoms with Crippen LogP contribution in [0.2, 0.25) is 0 Å². The lowest BCUT2D eigenvalue weighted by molar-refractivity contribution is -0.0328. The normalized spacial score (nSPS) is 11.5. The lowest BCUT2D eigenvalue weighted by Gasteiger charge is -2.07. The van der Waals surface area contributed by atoms with Gasteiger partial charge in [-0.2, -0.15) is 13.2 Å². The quantitative estimate of drug-likeness (QED) is 0.810. The summed E-state index contributed by atoms with van der Waals surface area (Å²) in [6.07, 6.45) is 0. The van der Waals surface area contributed by atoms with Gasteiger partial charge in [-0.15, -0.1) is 0 Å². The van der Waals surface area contributed by atoms with E-state index in [1.165, 1.54) is 12.1 Å². The molecular weight excluding hydrogens is 315 g/mol. The standard InChI is InChI=1S/C11H11BrF3NS/c1-8(12)6-16-7-9-2-4-10(5-3-9)17-11(13,14)15/h2-5,16H,1,6-7H2. The molecule has 1 aromatic rings. The summed E-state index contributed by atoms with van der Waals surface area (Å²) in [5.41, 5.74) is -3.29. The van der Waals surface area contributed by atoms with Crippen molar-refractivity contribution in [2.24, 2.45) is 0 Å². The van der Waals surface area contributed by atoms with Crippen LogP contribution in [0.5, 0.6) is 0 Å². The molecule has 0 aliphatic rings. The summed E-state index contributed by atoms with van der Waals surface area (Å²) < 4.78 is 37.0. The second kappa shape index (κ2) is 6.47. The molecule has 1 nitrogen and oxygen atoms in total. The van der Waals surface area contributed by atoms with Gasteiger partial charge in [-0.05, 0) is 29.5 Å². The number of nitrogens with one attached hydrogen (secondary N) is 1. The van der Waals surface area contributed by atoms with E-state index in [0.717, 1.165) is 10.0 Å². The van der Waals surface area contributed by atoms with Crippen LogP contribution in [0.3, 0.4) is 0 Å². The van der Waals surface area contributed by atoms with Crippen molar-refractivity contribution in [1.29, 1.82) is 0 Å². The van der Waals surface area contributed by atoms with Crippen molar-refractivity contribution in [1.82, 2.24) is 5.32 Å². The van der Waals surface area contributed by atoms with Gasteiger partial charge in [0.05, 0.1) is 0 Å². The van der Waals surface area contributed by atoms with Crippen molar-refractivity contribution in [2.75, 3.05) is 6.54 Å². The Hall–Kier alpha value is -0.460. The molecule has 0 saturated heterocycles. The third kappa shape index (κ3) is 6.75. The molecule has 0 aliphatic heterocycles. The molecule has 0 aliphatic carbocycles. The average Bonchev–Trinajstić information content (AvgIpc) is 2.18. The first-order chi connectivity index (χ1) is 7.87. The first kappa shape index (κ1) is 14.6. The third-order valence-corrected chi connectivity index (χ3v) is 2.82. The zero-order chi connectivity index (χ0) is 12.9. The van der Waals surface area contributed by atoms with Crippen LogP contribution in [-0.2, 0) is 6.54 Å². The van der Waals surface area contributed by atoms with Crippen LogP contribution in [-0.4, -0.2) is 12.1 Å². The Bertz CT molecular complexity index is 375. The summed E-state index contributed by atoms with van der Waals surface area (Å²) in [7, 11) is 0. The first-order valence-corrected chi connectivity index (χ1v) is 6.36. The Balaban J connectivity index is 2.47. The van der Waals surface area contributed by atoms with Gasteiger partial charge in [-0.25, -0.2) is 0 Å². The van der Waals surface area contributed by atoms with Crippen LogP contribution in [0.25, 0.3) is 0 Å². The van der Waals surface area contributed by atoms with Gasteiger partial charge in [0.15, 0.2) is 0 Å². The predicted octanol–water partition coefficient (Wildman–Crippen LogP) is 4.30. The summed E-state index contributed by atoms with van der Waals surface area (Å²) in [6, 6.07) is 6.30. The number of hydrogen-bond donors (Lipinski definition) is 1. The summed E-state index contributed by atoms with van der Waals surface area (Å²) >= 11 is 3.10. The molecule has 0 bridgehead atoms. The molecule has 17 heavy (non-hydrogen) atoms. The molecule has 0 aromatic heterocycles. The van der Waals surface area contributed by atoms with Crippen LogP contribution in [0.15, 0.2) is 40.2 Å². The van der Waals surface area contributed by atoms with Crippen LogP contribution >= 0.6 is 27.7 Å². The van der Waals surface area contributed by atoms with Crippen LogP contribution in [0.4, 0.5) is 13.2 Å². The van der Waals surface area contributed by atoms with Crippen LogP contribution in [0, 0.1) is 0 Å². The number of rotatable bonds is 5. The highest BCUT2D eigenvalue weighted by molar-refractivity contribution is 9.11. The van der Waals surface area contributed by atoms with E-state index >= 15 is 0 Å². The summed E-state index contributed by atoms with van der Waals surface area (Å²) in [5.74, 6) is 0. The second-order valence-electron chi connectivity index (χ2n) is 3.31. The molecule has 0 spiro atoms. The molecule has 0 unspecified atom stereocenters. The molecule has 0 heterocycles. The van der Waals surface area contributed by atoms with Crippen molar-refractivity contribution < 1.29 is 13.2 Å². The number of hydrogen-bond acceptors (Lipinski definition) is 2. The minimum atomic E-state index is -4.23. The minimum Gasteiger partial charge on any atom is -0.308 e. The van der Waals surface area contributed by atoms with E-state index < -0.39 is 5.51 Å². The SMILES string of the molecule is C=C(Br)CNCc1ccc(SC(F)(F)F)cc1. The molecule has 0 amide bonds. The molecule has 0 radical (unpaired) electrons. The topological polar surface area (TPSA) is 12.0 Å². The molecule has 0 atom stereocenters. The van der Waals surface area contributed by atoms with Crippen molar-refractivity contribution in [3.05, 3.63) is 40.9 Å². The van der Waals surface area contributed by atoms with E-state index in [9.17, 15) is 13.2 Å². The molecular formula is C11H11BrF3NS. The largest absolute Gasteiger partial charge is 0.446 e. The minimum absolute atomic E-state index is 0.104. The Labute approximate surface area is 111 Å². The first-order valence-electron chi connectivity index (χ1n) is 4.75. The van der Waals surface area contributed by atoms with Crippen LogP contribution in [0.1, 0.15) is 5.56 Å². The van der Waals surface area contributed by atoms with E-state index in [4.69, 9.17) is 0 Å². The van der Waals surface area contributed by atoms with Crippen molar-refractivity contribution in [3.63, 3.8) is 0 Å². The zero-order valence-corrected chi connectivity index (χ0v) is 11.3. The molecule has 0 saturated carbocycles. The predicted molar refractivity (Wildman–Crippen MR) is 68.1 cm³/mol. The Morgan fingerprint density at radius 1 is 1.29 bits per heavy atom. The third-order valence-electron chi connectivity index (χ3n) is 1.80. The van der Waals surface area contributed by atoms with Gasteiger partial charge < -0.3 is 5.32 Å². The van der Waals surface area contributed by atoms with Gasteiger partial charge in [0.2, 0.25) is 0 Å². The van der Waals surface area contributed by atoms with Crippen LogP contribution < -0.4 is 5.32 Å². The highest BCUT2D eigenvalue weighted by Crippen LogP contribution is 2.36. The number of benzene rings is 1. The number of thioether (sulfide) groups is 1. The summed E-state index contributed by atoms with van der Waals surface area (Å²) in [4.78, 5) is 0.200. The van der Waals surface area contributed by atoms with Gasteiger partial charge in [0, 0.05) is 22.5 Å². The van der Waals surface area contributed by atoms with E-state index in [1.807, 2.05) is 0 Å². The maximum atomic E-state index is 12.1. The fraction of sp³-hybridized carbons (Fsp3) is 0.273. The molecule has 1 aromatic carbocycles. The summed E-state index contributed by atoms with van der Waals surface area (Å²) in [5, 5.41) is 3.09. The highest BCUT2D eigenvalue weighted by atomic mass is 79.9. The lowest BCUT2D eigenvalue weighted by Crippen LogP contribution is -2.14. The monoisotopic (exact) mass is 325 g/mol. The molecule has 1 N–H and O–H groups in total. The fourth-order valence-electron chi connectivity index (χ4n) is 1.15. The molecule has 94 valence electrons. The lowest BCUT2D eigenvalue weighted by atomic mass is 10.2. The molecule has 1 rings (SSSR count). The van der Waals surface area contributed by atoms with E-state index in [-0.39, 0.29) is 16.7 Å². The van der Waals surface area contributed by atoms with Gasteiger partial charge in [-0.1, -0.05) is 34.6 Å². The van der Waals surface area contributed by atoms with Gasteiger partial charge in [0.25, 0.3) is 0 Å². The van der Waals surface area contributed by atoms with Gasteiger partial charge >= 0.3 is 5.51 Å². The van der Waals surface area contributed by atoms with E-state index in [1.54, 1.807) is 12.1 Å². The van der Waals surface area contributed by atoms with E-state index in [0.29, 0.717) is 13.1 Å². The van der Waals surface area contributed by atoms with Crippen molar-refractivity contribution >= 4 is 27.7 Å². The van der Waals surface area contributed by atoms with Crippen molar-refractivity contribution in [3.8, 4) is 0 Å². The van der Waals surface area contributed by atoms with Gasteiger partial charge in [-0.3, -0.25) is 0 Å². The highest BCUT2D eigenvalue weighted by Gasteiger charge is 2.28. The van der Waals surface area contributed by atoms with E-state index in [2.05, 4.69) is 27.8 Å². The Kier molecular flexibility index (Phi) is 5.55. The maximum Gasteiger partial charge on any atom is 0.446 e. The molecule has 6 heteroatoms. The Morgan fingerprint density at radius 2 is 1.88 bits per heavy atom. The number of alkyl halides is 3. The second-order valence-corrected chi connectivity index (χ2v) is 5.57. The number of halogens is 4. The van der Waals surface area contributed by atoms with Gasteiger partial charge in [0.1, 0.15) is 0 Å². The fourth-order valence-corrected chi connectivity index (χ4v) is 1.89.